The Labute approximate surface area is 147 Å². The van der Waals surface area contributed by atoms with Gasteiger partial charge in [-0.15, -0.1) is 0 Å². The molecule has 2 aliphatic carbocycles. The summed E-state index contributed by atoms with van der Waals surface area (Å²) in [6, 6.07) is 10.4. The fraction of sp³-hybridized carbons (Fsp3) is 0.500. The normalized spacial score (nSPS) is 31.4. The topological polar surface area (TPSA) is 60.9 Å². The summed E-state index contributed by atoms with van der Waals surface area (Å²) in [4.78, 5) is 28.9. The molecule has 0 aromatic heterocycles. The number of hydrogen-bond donors (Lipinski definition) is 1. The number of piperazine rings is 1. The number of carboxylic acid groups (broad SMARTS) is 1. The first-order chi connectivity index (χ1) is 12.1. The van der Waals surface area contributed by atoms with Gasteiger partial charge < -0.3 is 10.0 Å². The van der Waals surface area contributed by atoms with E-state index in [1.54, 1.807) is 0 Å². The van der Waals surface area contributed by atoms with Crippen LogP contribution in [0.15, 0.2) is 42.5 Å². The molecular formula is C20H24N2O3. The van der Waals surface area contributed by atoms with Crippen LogP contribution in [0.3, 0.4) is 0 Å². The molecule has 4 atom stereocenters. The highest BCUT2D eigenvalue weighted by Crippen LogP contribution is 2.48. The quantitative estimate of drug-likeness (QED) is 0.850. The van der Waals surface area contributed by atoms with E-state index < -0.39 is 11.9 Å². The maximum absolute atomic E-state index is 13.0. The molecule has 2 unspecified atom stereocenters. The average molecular weight is 340 g/mol. The second-order valence-corrected chi connectivity index (χ2v) is 7.43. The molecule has 1 saturated carbocycles. The minimum atomic E-state index is -0.821. The van der Waals surface area contributed by atoms with Crippen LogP contribution >= 0.6 is 0 Å². The van der Waals surface area contributed by atoms with Crippen LogP contribution in [0.2, 0.25) is 0 Å². The molecule has 5 heteroatoms. The van der Waals surface area contributed by atoms with Crippen LogP contribution in [0.1, 0.15) is 12.0 Å². The summed E-state index contributed by atoms with van der Waals surface area (Å²) in [5.41, 5.74) is 1.28. The first-order valence-electron chi connectivity index (χ1n) is 9.09. The highest BCUT2D eigenvalue weighted by molar-refractivity contribution is 5.87. The number of aliphatic carboxylic acids is 1. The third-order valence-corrected chi connectivity index (χ3v) is 5.96. The van der Waals surface area contributed by atoms with E-state index >= 15 is 0 Å². The predicted molar refractivity (Wildman–Crippen MR) is 93.7 cm³/mol. The second-order valence-electron chi connectivity index (χ2n) is 7.43. The molecule has 1 aliphatic heterocycles. The van der Waals surface area contributed by atoms with E-state index in [0.29, 0.717) is 13.1 Å². The fourth-order valence-electron chi connectivity index (χ4n) is 4.67. The summed E-state index contributed by atoms with van der Waals surface area (Å²) in [6.07, 6.45) is 4.87. The van der Waals surface area contributed by atoms with Crippen LogP contribution in [-0.4, -0.2) is 53.0 Å². The van der Waals surface area contributed by atoms with Gasteiger partial charge in [0.1, 0.15) is 0 Å². The molecule has 1 saturated heterocycles. The van der Waals surface area contributed by atoms with Crippen molar-refractivity contribution in [3.05, 3.63) is 48.0 Å². The third-order valence-electron chi connectivity index (χ3n) is 5.96. The number of nitrogens with zero attached hydrogens (tertiary/aromatic N) is 2. The van der Waals surface area contributed by atoms with E-state index in [0.717, 1.165) is 26.1 Å². The molecule has 1 N–H and O–H groups in total. The van der Waals surface area contributed by atoms with Crippen molar-refractivity contribution in [1.82, 2.24) is 9.80 Å². The summed E-state index contributed by atoms with van der Waals surface area (Å²) in [6.45, 7) is 3.97. The van der Waals surface area contributed by atoms with Crippen LogP contribution < -0.4 is 0 Å². The van der Waals surface area contributed by atoms with Gasteiger partial charge in [0.15, 0.2) is 0 Å². The maximum Gasteiger partial charge on any atom is 0.307 e. The van der Waals surface area contributed by atoms with Gasteiger partial charge in [0, 0.05) is 32.7 Å². The molecule has 25 heavy (non-hydrogen) atoms. The van der Waals surface area contributed by atoms with Gasteiger partial charge >= 0.3 is 5.97 Å². The lowest BCUT2D eigenvalue weighted by atomic mass is 9.82. The number of benzene rings is 1. The maximum atomic E-state index is 13.0. The summed E-state index contributed by atoms with van der Waals surface area (Å²) in [5, 5.41) is 9.55. The Morgan fingerprint density at radius 2 is 1.60 bits per heavy atom. The SMILES string of the molecule is O=C(O)C1C(C(=O)N2CCN(Cc3ccccc3)CC2)[C@@H]2C=C[C@H]1C2. The Hall–Kier alpha value is -2.14. The molecule has 3 aliphatic rings. The van der Waals surface area contributed by atoms with Crippen LogP contribution in [0.4, 0.5) is 0 Å². The number of carbonyl (C=O) groups excluding carboxylic acids is 1. The van der Waals surface area contributed by atoms with Crippen LogP contribution in [0, 0.1) is 23.7 Å². The zero-order chi connectivity index (χ0) is 17.4. The highest BCUT2D eigenvalue weighted by Gasteiger charge is 2.52. The van der Waals surface area contributed by atoms with Crippen molar-refractivity contribution in [2.24, 2.45) is 23.7 Å². The Morgan fingerprint density at radius 1 is 0.960 bits per heavy atom. The first kappa shape index (κ1) is 16.3. The standard InChI is InChI=1S/C20H24N2O3/c23-19(17-15-6-7-16(12-15)18(17)20(24)25)22-10-8-21(9-11-22)13-14-4-2-1-3-5-14/h1-7,15-18H,8-13H2,(H,24,25)/t15-,16+,17?,18?/m1/s1. The van der Waals surface area contributed by atoms with Crippen molar-refractivity contribution in [3.8, 4) is 0 Å². The van der Waals surface area contributed by atoms with Crippen molar-refractivity contribution in [2.75, 3.05) is 26.2 Å². The van der Waals surface area contributed by atoms with E-state index in [1.807, 2.05) is 29.2 Å². The van der Waals surface area contributed by atoms with Gasteiger partial charge in [-0.2, -0.15) is 0 Å². The van der Waals surface area contributed by atoms with Crippen molar-refractivity contribution in [1.29, 1.82) is 0 Å². The molecule has 2 bridgehead atoms. The highest BCUT2D eigenvalue weighted by atomic mass is 16.4. The average Bonchev–Trinajstić information content (AvgIpc) is 3.24. The van der Waals surface area contributed by atoms with Gasteiger partial charge in [-0.1, -0.05) is 42.5 Å². The van der Waals surface area contributed by atoms with E-state index in [9.17, 15) is 14.7 Å². The number of amides is 1. The van der Waals surface area contributed by atoms with Crippen LogP contribution in [0.25, 0.3) is 0 Å². The minimum absolute atomic E-state index is 0.0378. The molecule has 132 valence electrons. The van der Waals surface area contributed by atoms with Crippen molar-refractivity contribution in [2.45, 2.75) is 13.0 Å². The molecule has 0 radical (unpaired) electrons. The van der Waals surface area contributed by atoms with Crippen molar-refractivity contribution in [3.63, 3.8) is 0 Å². The van der Waals surface area contributed by atoms with Gasteiger partial charge in [-0.05, 0) is 23.8 Å². The molecule has 1 amide bonds. The third kappa shape index (κ3) is 3.09. The number of carboxylic acids is 1. The summed E-state index contributed by atoms with van der Waals surface area (Å²) >= 11 is 0. The van der Waals surface area contributed by atoms with Crippen LogP contribution in [0.5, 0.6) is 0 Å². The Kier molecular flexibility index (Phi) is 4.34. The zero-order valence-electron chi connectivity index (χ0n) is 14.3. The summed E-state index contributed by atoms with van der Waals surface area (Å²) in [7, 11) is 0. The van der Waals surface area contributed by atoms with E-state index in [1.165, 1.54) is 5.56 Å². The predicted octanol–water partition coefficient (Wildman–Crippen LogP) is 1.85. The van der Waals surface area contributed by atoms with Gasteiger partial charge in [0.25, 0.3) is 0 Å². The molecule has 1 aromatic carbocycles. The monoisotopic (exact) mass is 340 g/mol. The van der Waals surface area contributed by atoms with E-state index in [4.69, 9.17) is 0 Å². The van der Waals surface area contributed by atoms with Gasteiger partial charge in [-0.25, -0.2) is 0 Å². The fourth-order valence-corrected chi connectivity index (χ4v) is 4.67. The van der Waals surface area contributed by atoms with Crippen molar-refractivity contribution < 1.29 is 14.7 Å². The minimum Gasteiger partial charge on any atom is -0.481 e. The number of hydrogen-bond acceptors (Lipinski definition) is 3. The molecular weight excluding hydrogens is 316 g/mol. The molecule has 2 fully saturated rings. The van der Waals surface area contributed by atoms with Crippen LogP contribution in [-0.2, 0) is 16.1 Å². The molecule has 5 nitrogen and oxygen atoms in total. The first-order valence-corrected chi connectivity index (χ1v) is 9.09. The Bertz CT molecular complexity index is 679. The lowest BCUT2D eigenvalue weighted by Gasteiger charge is -2.37. The number of fused-ring (bicyclic) bond motifs is 2. The van der Waals surface area contributed by atoms with E-state index in [2.05, 4.69) is 23.1 Å². The largest absolute Gasteiger partial charge is 0.481 e. The molecule has 1 aromatic rings. The summed E-state index contributed by atoms with van der Waals surface area (Å²) < 4.78 is 0. The lowest BCUT2D eigenvalue weighted by molar-refractivity contribution is -0.151. The zero-order valence-corrected chi connectivity index (χ0v) is 14.3. The number of allylic oxidation sites excluding steroid dienone is 2. The van der Waals surface area contributed by atoms with Gasteiger partial charge in [0.05, 0.1) is 11.8 Å². The molecule has 0 spiro atoms. The lowest BCUT2D eigenvalue weighted by Crippen LogP contribution is -2.52. The van der Waals surface area contributed by atoms with Gasteiger partial charge in [0.2, 0.25) is 5.91 Å². The van der Waals surface area contributed by atoms with E-state index in [-0.39, 0.29) is 23.7 Å². The van der Waals surface area contributed by atoms with Crippen molar-refractivity contribution >= 4 is 11.9 Å². The number of rotatable bonds is 4. The Morgan fingerprint density at radius 3 is 2.24 bits per heavy atom. The summed E-state index contributed by atoms with van der Waals surface area (Å²) in [5.74, 6) is -1.53. The molecule has 1 heterocycles. The number of carbonyl (C=O) groups is 2. The van der Waals surface area contributed by atoms with Gasteiger partial charge in [-0.3, -0.25) is 14.5 Å². The Balaban J connectivity index is 1.37. The smallest absolute Gasteiger partial charge is 0.307 e. The molecule has 4 rings (SSSR count). The second kappa shape index (κ2) is 6.64.